The standard InChI is InChI=1S/C17H16Cl2F2/c1-12-4-2-3-5-14(12)17(10-18,11-19)9-13-6-7-15(20)16(21)8-13/h2-8H,9-11H2,1H3. The minimum Gasteiger partial charge on any atom is -0.204 e. The van der Waals surface area contributed by atoms with Crippen molar-refractivity contribution in [1.29, 1.82) is 0 Å². The number of hydrogen-bond acceptors (Lipinski definition) is 0. The van der Waals surface area contributed by atoms with Crippen LogP contribution < -0.4 is 0 Å². The van der Waals surface area contributed by atoms with Gasteiger partial charge in [0.25, 0.3) is 0 Å². The molecule has 0 N–H and O–H groups in total. The van der Waals surface area contributed by atoms with E-state index < -0.39 is 17.0 Å². The Hall–Kier alpha value is -1.12. The van der Waals surface area contributed by atoms with Gasteiger partial charge in [0, 0.05) is 17.2 Å². The molecule has 0 fully saturated rings. The lowest BCUT2D eigenvalue weighted by molar-refractivity contribution is 0.498. The first kappa shape index (κ1) is 16.3. The van der Waals surface area contributed by atoms with Gasteiger partial charge >= 0.3 is 0 Å². The van der Waals surface area contributed by atoms with Gasteiger partial charge in [0.2, 0.25) is 0 Å². The number of benzene rings is 2. The number of aryl methyl sites for hydroxylation is 1. The summed E-state index contributed by atoms with van der Waals surface area (Å²) in [4.78, 5) is 0. The third-order valence-electron chi connectivity index (χ3n) is 3.75. The third kappa shape index (κ3) is 3.38. The zero-order valence-electron chi connectivity index (χ0n) is 11.7. The first-order chi connectivity index (χ1) is 10.0. The Bertz CT molecular complexity index is 622. The Morgan fingerprint density at radius 3 is 2.19 bits per heavy atom. The van der Waals surface area contributed by atoms with Crippen molar-refractivity contribution < 1.29 is 8.78 Å². The lowest BCUT2D eigenvalue weighted by Gasteiger charge is -2.32. The van der Waals surface area contributed by atoms with Crippen molar-refractivity contribution >= 4 is 23.2 Å². The van der Waals surface area contributed by atoms with Crippen LogP contribution in [0.3, 0.4) is 0 Å². The van der Waals surface area contributed by atoms with Gasteiger partial charge in [0.15, 0.2) is 11.6 Å². The molecule has 0 spiro atoms. The molecular formula is C17H16Cl2F2. The molecule has 4 heteroatoms. The van der Waals surface area contributed by atoms with E-state index in [0.717, 1.165) is 17.2 Å². The van der Waals surface area contributed by atoms with Gasteiger partial charge in [0.1, 0.15) is 0 Å². The highest BCUT2D eigenvalue weighted by Crippen LogP contribution is 2.34. The van der Waals surface area contributed by atoms with Gasteiger partial charge in [-0.25, -0.2) is 8.78 Å². The number of halogens is 4. The summed E-state index contributed by atoms with van der Waals surface area (Å²) in [5, 5.41) is 0. The summed E-state index contributed by atoms with van der Waals surface area (Å²) < 4.78 is 26.5. The summed E-state index contributed by atoms with van der Waals surface area (Å²) in [6.07, 6.45) is 0.460. The average Bonchev–Trinajstić information content (AvgIpc) is 2.49. The highest BCUT2D eigenvalue weighted by atomic mass is 35.5. The number of rotatable bonds is 5. The van der Waals surface area contributed by atoms with Gasteiger partial charge < -0.3 is 0 Å². The number of alkyl halides is 2. The monoisotopic (exact) mass is 328 g/mol. The second kappa shape index (κ2) is 6.76. The van der Waals surface area contributed by atoms with Gasteiger partial charge in [-0.15, -0.1) is 23.2 Å². The van der Waals surface area contributed by atoms with Crippen LogP contribution in [0.25, 0.3) is 0 Å². The van der Waals surface area contributed by atoms with Crippen molar-refractivity contribution in [3.63, 3.8) is 0 Å². The zero-order chi connectivity index (χ0) is 15.5. The third-order valence-corrected chi connectivity index (χ3v) is 4.78. The van der Waals surface area contributed by atoms with Crippen molar-refractivity contribution in [2.45, 2.75) is 18.8 Å². The minimum absolute atomic E-state index is 0.306. The van der Waals surface area contributed by atoms with Crippen LogP contribution in [0, 0.1) is 18.6 Å². The molecule has 0 saturated heterocycles. The van der Waals surface area contributed by atoms with E-state index >= 15 is 0 Å². The van der Waals surface area contributed by atoms with Crippen LogP contribution in [0.2, 0.25) is 0 Å². The molecule has 0 unspecified atom stereocenters. The van der Waals surface area contributed by atoms with Crippen molar-refractivity contribution in [1.82, 2.24) is 0 Å². The molecule has 2 aromatic carbocycles. The maximum atomic E-state index is 13.4. The van der Waals surface area contributed by atoms with Gasteiger partial charge in [0.05, 0.1) is 0 Å². The predicted octanol–water partition coefficient (Wildman–Crippen LogP) is 5.23. The van der Waals surface area contributed by atoms with Crippen LogP contribution >= 0.6 is 23.2 Å². The first-order valence-electron chi connectivity index (χ1n) is 6.64. The van der Waals surface area contributed by atoms with Crippen molar-refractivity contribution in [3.05, 3.63) is 70.8 Å². The summed E-state index contributed by atoms with van der Waals surface area (Å²) in [6, 6.07) is 11.8. The van der Waals surface area contributed by atoms with Crippen LogP contribution in [0.1, 0.15) is 16.7 Å². The van der Waals surface area contributed by atoms with Gasteiger partial charge in [-0.3, -0.25) is 0 Å². The van der Waals surface area contributed by atoms with E-state index in [-0.39, 0.29) is 0 Å². The van der Waals surface area contributed by atoms with Crippen molar-refractivity contribution in [2.75, 3.05) is 11.8 Å². The van der Waals surface area contributed by atoms with E-state index in [4.69, 9.17) is 23.2 Å². The molecule has 0 aliphatic rings. The predicted molar refractivity (Wildman–Crippen MR) is 84.4 cm³/mol. The van der Waals surface area contributed by atoms with E-state index in [0.29, 0.717) is 23.7 Å². The van der Waals surface area contributed by atoms with Gasteiger partial charge in [-0.05, 0) is 42.2 Å². The quantitative estimate of drug-likeness (QED) is 0.659. The van der Waals surface area contributed by atoms with Crippen molar-refractivity contribution in [2.24, 2.45) is 0 Å². The molecule has 0 amide bonds. The van der Waals surface area contributed by atoms with E-state index in [9.17, 15) is 8.78 Å². The normalized spacial score (nSPS) is 11.7. The molecule has 112 valence electrons. The fourth-order valence-corrected chi connectivity index (χ4v) is 3.34. The minimum atomic E-state index is -0.852. The fraction of sp³-hybridized carbons (Fsp3) is 0.294. The Balaban J connectivity index is 2.43. The fourth-order valence-electron chi connectivity index (χ4n) is 2.58. The van der Waals surface area contributed by atoms with Crippen LogP contribution in [-0.2, 0) is 11.8 Å². The molecule has 0 heterocycles. The van der Waals surface area contributed by atoms with E-state index in [1.165, 1.54) is 6.07 Å². The molecule has 0 aliphatic carbocycles. The topological polar surface area (TPSA) is 0 Å². The first-order valence-corrected chi connectivity index (χ1v) is 7.71. The molecule has 2 rings (SSSR count). The lowest BCUT2D eigenvalue weighted by Crippen LogP contribution is -2.34. The van der Waals surface area contributed by atoms with Crippen LogP contribution in [0.15, 0.2) is 42.5 Å². The lowest BCUT2D eigenvalue weighted by atomic mass is 9.77. The second-order valence-electron chi connectivity index (χ2n) is 5.29. The second-order valence-corrected chi connectivity index (χ2v) is 5.82. The van der Waals surface area contributed by atoms with E-state index in [1.54, 1.807) is 6.07 Å². The Morgan fingerprint density at radius 1 is 0.952 bits per heavy atom. The Labute approximate surface area is 133 Å². The zero-order valence-corrected chi connectivity index (χ0v) is 13.2. The smallest absolute Gasteiger partial charge is 0.159 e. The summed E-state index contributed by atoms with van der Waals surface area (Å²) in [5.74, 6) is -1.09. The van der Waals surface area contributed by atoms with Gasteiger partial charge in [-0.1, -0.05) is 30.3 Å². The van der Waals surface area contributed by atoms with Crippen LogP contribution in [-0.4, -0.2) is 11.8 Å². The molecule has 2 aromatic rings. The molecule has 21 heavy (non-hydrogen) atoms. The van der Waals surface area contributed by atoms with Gasteiger partial charge in [-0.2, -0.15) is 0 Å². The highest BCUT2D eigenvalue weighted by Gasteiger charge is 2.32. The van der Waals surface area contributed by atoms with Crippen LogP contribution in [0.5, 0.6) is 0 Å². The molecule has 0 aliphatic heterocycles. The molecular weight excluding hydrogens is 313 g/mol. The van der Waals surface area contributed by atoms with Crippen molar-refractivity contribution in [3.8, 4) is 0 Å². The molecule has 0 aromatic heterocycles. The van der Waals surface area contributed by atoms with E-state index in [2.05, 4.69) is 0 Å². The summed E-state index contributed by atoms with van der Waals surface area (Å²) >= 11 is 12.4. The highest BCUT2D eigenvalue weighted by molar-refractivity contribution is 6.22. The molecule has 0 nitrogen and oxygen atoms in total. The molecule has 0 atom stereocenters. The van der Waals surface area contributed by atoms with E-state index in [1.807, 2.05) is 31.2 Å². The largest absolute Gasteiger partial charge is 0.204 e. The summed E-state index contributed by atoms with van der Waals surface area (Å²) in [6.45, 7) is 1.99. The molecule has 0 bridgehead atoms. The maximum absolute atomic E-state index is 13.4. The molecule has 0 saturated carbocycles. The summed E-state index contributed by atoms with van der Waals surface area (Å²) in [5.41, 5.74) is 2.30. The average molecular weight is 329 g/mol. The summed E-state index contributed by atoms with van der Waals surface area (Å²) in [7, 11) is 0. The molecule has 0 radical (unpaired) electrons. The Morgan fingerprint density at radius 2 is 1.62 bits per heavy atom. The maximum Gasteiger partial charge on any atom is 0.159 e. The number of hydrogen-bond donors (Lipinski definition) is 0. The van der Waals surface area contributed by atoms with Crippen LogP contribution in [0.4, 0.5) is 8.78 Å². The SMILES string of the molecule is Cc1ccccc1C(CCl)(CCl)Cc1ccc(F)c(F)c1. The Kier molecular flexibility index (Phi) is 5.23.